The molecule has 1 atom stereocenters. The Balaban J connectivity index is 1.75. The van der Waals surface area contributed by atoms with Crippen molar-refractivity contribution in [1.82, 2.24) is 4.90 Å². The van der Waals surface area contributed by atoms with Crippen LogP contribution < -0.4 is 5.73 Å². The van der Waals surface area contributed by atoms with Gasteiger partial charge in [-0.2, -0.15) is 0 Å². The zero-order valence-corrected chi connectivity index (χ0v) is 11.8. The van der Waals surface area contributed by atoms with Crippen LogP contribution in [0.2, 0.25) is 0 Å². The molecule has 2 rings (SSSR count). The Morgan fingerprint density at radius 3 is 2.67 bits per heavy atom. The zero-order valence-electron chi connectivity index (χ0n) is 11.8. The standard InChI is InChI=1S/C15H28N2O/c1-13(16)6-5-7-14(18)17-11-10-15(12-17)8-3-2-4-9-15/h13H,2-12,16H2,1H3. The van der Waals surface area contributed by atoms with E-state index in [0.717, 1.165) is 25.9 Å². The van der Waals surface area contributed by atoms with E-state index < -0.39 is 0 Å². The highest BCUT2D eigenvalue weighted by molar-refractivity contribution is 5.76. The molecule has 1 aliphatic carbocycles. The molecule has 1 aliphatic heterocycles. The number of hydrogen-bond acceptors (Lipinski definition) is 2. The van der Waals surface area contributed by atoms with Gasteiger partial charge in [-0.05, 0) is 44.4 Å². The lowest BCUT2D eigenvalue weighted by atomic mass is 9.73. The van der Waals surface area contributed by atoms with E-state index in [2.05, 4.69) is 4.90 Å². The number of amides is 1. The van der Waals surface area contributed by atoms with Crippen molar-refractivity contribution in [3.63, 3.8) is 0 Å². The molecule has 0 aromatic heterocycles. The van der Waals surface area contributed by atoms with Gasteiger partial charge in [-0.25, -0.2) is 0 Å². The maximum absolute atomic E-state index is 12.1. The van der Waals surface area contributed by atoms with Gasteiger partial charge >= 0.3 is 0 Å². The number of likely N-dealkylation sites (tertiary alicyclic amines) is 1. The van der Waals surface area contributed by atoms with E-state index in [-0.39, 0.29) is 6.04 Å². The monoisotopic (exact) mass is 252 g/mol. The second-order valence-corrected chi connectivity index (χ2v) is 6.50. The predicted molar refractivity (Wildman–Crippen MR) is 74.2 cm³/mol. The van der Waals surface area contributed by atoms with E-state index in [9.17, 15) is 4.79 Å². The van der Waals surface area contributed by atoms with Gasteiger partial charge in [-0.1, -0.05) is 19.3 Å². The Labute approximate surface area is 111 Å². The fourth-order valence-electron chi connectivity index (χ4n) is 3.59. The summed E-state index contributed by atoms with van der Waals surface area (Å²) in [5, 5.41) is 0. The molecule has 2 fully saturated rings. The van der Waals surface area contributed by atoms with Gasteiger partial charge in [0, 0.05) is 25.6 Å². The first kappa shape index (κ1) is 13.9. The van der Waals surface area contributed by atoms with Crippen LogP contribution in [0.1, 0.15) is 64.7 Å². The first-order valence-corrected chi connectivity index (χ1v) is 7.65. The molecule has 104 valence electrons. The first-order valence-electron chi connectivity index (χ1n) is 7.65. The maximum Gasteiger partial charge on any atom is 0.222 e. The highest BCUT2D eigenvalue weighted by Gasteiger charge is 2.39. The quantitative estimate of drug-likeness (QED) is 0.836. The van der Waals surface area contributed by atoms with Gasteiger partial charge in [-0.15, -0.1) is 0 Å². The van der Waals surface area contributed by atoms with E-state index in [4.69, 9.17) is 5.73 Å². The summed E-state index contributed by atoms with van der Waals surface area (Å²) in [4.78, 5) is 14.3. The fourth-order valence-corrected chi connectivity index (χ4v) is 3.59. The van der Waals surface area contributed by atoms with Crippen LogP contribution in [0.3, 0.4) is 0 Å². The van der Waals surface area contributed by atoms with Crippen LogP contribution in [-0.4, -0.2) is 29.9 Å². The number of carbonyl (C=O) groups is 1. The zero-order chi connectivity index (χ0) is 13.0. The van der Waals surface area contributed by atoms with Gasteiger partial charge in [0.25, 0.3) is 0 Å². The van der Waals surface area contributed by atoms with Crippen molar-refractivity contribution < 1.29 is 4.79 Å². The SMILES string of the molecule is CC(N)CCCC(=O)N1CCC2(CCCCC2)C1. The molecule has 1 saturated carbocycles. The molecule has 18 heavy (non-hydrogen) atoms. The number of rotatable bonds is 4. The lowest BCUT2D eigenvalue weighted by Crippen LogP contribution is -2.33. The molecule has 0 radical (unpaired) electrons. The van der Waals surface area contributed by atoms with Crippen LogP contribution in [0.5, 0.6) is 0 Å². The van der Waals surface area contributed by atoms with Gasteiger partial charge in [0.15, 0.2) is 0 Å². The summed E-state index contributed by atoms with van der Waals surface area (Å²) in [7, 11) is 0. The second-order valence-electron chi connectivity index (χ2n) is 6.50. The number of hydrogen-bond donors (Lipinski definition) is 1. The van der Waals surface area contributed by atoms with Gasteiger partial charge in [0.2, 0.25) is 5.91 Å². The summed E-state index contributed by atoms with van der Waals surface area (Å²) in [5.74, 6) is 0.359. The fraction of sp³-hybridized carbons (Fsp3) is 0.933. The molecule has 2 N–H and O–H groups in total. The maximum atomic E-state index is 12.1. The van der Waals surface area contributed by atoms with Crippen molar-refractivity contribution in [2.75, 3.05) is 13.1 Å². The molecule has 0 aromatic rings. The van der Waals surface area contributed by atoms with Crippen LogP contribution in [0, 0.1) is 5.41 Å². The summed E-state index contributed by atoms with van der Waals surface area (Å²) in [5.41, 5.74) is 6.21. The van der Waals surface area contributed by atoms with Crippen LogP contribution >= 0.6 is 0 Å². The van der Waals surface area contributed by atoms with E-state index in [1.807, 2.05) is 6.92 Å². The minimum atomic E-state index is 0.223. The molecule has 3 nitrogen and oxygen atoms in total. The minimum Gasteiger partial charge on any atom is -0.342 e. The smallest absolute Gasteiger partial charge is 0.222 e. The third-order valence-electron chi connectivity index (χ3n) is 4.76. The van der Waals surface area contributed by atoms with Crippen LogP contribution in [0.4, 0.5) is 0 Å². The third-order valence-corrected chi connectivity index (χ3v) is 4.76. The molecular weight excluding hydrogens is 224 g/mol. The van der Waals surface area contributed by atoms with Gasteiger partial charge in [-0.3, -0.25) is 4.79 Å². The number of nitrogens with zero attached hydrogens (tertiary/aromatic N) is 1. The normalized spacial score (nSPS) is 24.4. The lowest BCUT2D eigenvalue weighted by molar-refractivity contribution is -0.130. The molecule has 1 spiro atoms. The number of carbonyl (C=O) groups excluding carboxylic acids is 1. The molecule has 2 aliphatic rings. The van der Waals surface area contributed by atoms with Crippen molar-refractivity contribution in [1.29, 1.82) is 0 Å². The summed E-state index contributed by atoms with van der Waals surface area (Å²) in [6.45, 7) is 4.04. The largest absolute Gasteiger partial charge is 0.342 e. The molecule has 1 saturated heterocycles. The van der Waals surface area contributed by atoms with Crippen molar-refractivity contribution in [3.05, 3.63) is 0 Å². The highest BCUT2D eigenvalue weighted by Crippen LogP contribution is 2.43. The molecule has 3 heteroatoms. The minimum absolute atomic E-state index is 0.223. The molecule has 0 aromatic carbocycles. The van der Waals surface area contributed by atoms with E-state index in [0.29, 0.717) is 17.7 Å². The molecule has 1 heterocycles. The molecule has 0 bridgehead atoms. The highest BCUT2D eigenvalue weighted by atomic mass is 16.2. The average molecular weight is 252 g/mol. The van der Waals surface area contributed by atoms with E-state index >= 15 is 0 Å². The first-order chi connectivity index (χ1) is 8.61. The Kier molecular flexibility index (Phi) is 4.66. The van der Waals surface area contributed by atoms with Crippen molar-refractivity contribution in [3.8, 4) is 0 Å². The van der Waals surface area contributed by atoms with Crippen LogP contribution in [-0.2, 0) is 4.79 Å². The summed E-state index contributed by atoms with van der Waals surface area (Å²) >= 11 is 0. The Morgan fingerprint density at radius 2 is 2.00 bits per heavy atom. The van der Waals surface area contributed by atoms with Crippen LogP contribution in [0.25, 0.3) is 0 Å². The molecule has 1 unspecified atom stereocenters. The van der Waals surface area contributed by atoms with Crippen molar-refractivity contribution in [2.24, 2.45) is 11.1 Å². The predicted octanol–water partition coefficient (Wildman–Crippen LogP) is 2.69. The number of nitrogens with two attached hydrogens (primary N) is 1. The summed E-state index contributed by atoms with van der Waals surface area (Å²) < 4.78 is 0. The van der Waals surface area contributed by atoms with E-state index in [1.165, 1.54) is 38.5 Å². The van der Waals surface area contributed by atoms with Gasteiger partial charge < -0.3 is 10.6 Å². The van der Waals surface area contributed by atoms with Crippen molar-refractivity contribution in [2.45, 2.75) is 70.8 Å². The average Bonchev–Trinajstić information content (AvgIpc) is 2.73. The van der Waals surface area contributed by atoms with Gasteiger partial charge in [0.1, 0.15) is 0 Å². The molecular formula is C15H28N2O. The van der Waals surface area contributed by atoms with Crippen molar-refractivity contribution >= 4 is 5.91 Å². The lowest BCUT2D eigenvalue weighted by Gasteiger charge is -2.33. The molecule has 1 amide bonds. The summed E-state index contributed by atoms with van der Waals surface area (Å²) in [6, 6.07) is 0.223. The van der Waals surface area contributed by atoms with Gasteiger partial charge in [0.05, 0.1) is 0 Å². The second kappa shape index (κ2) is 6.05. The Morgan fingerprint density at radius 1 is 1.28 bits per heavy atom. The topological polar surface area (TPSA) is 46.3 Å². The third kappa shape index (κ3) is 3.47. The Hall–Kier alpha value is -0.570. The summed E-state index contributed by atoms with van der Waals surface area (Å²) in [6.07, 6.45) is 10.7. The van der Waals surface area contributed by atoms with E-state index in [1.54, 1.807) is 0 Å². The Bertz CT molecular complexity index is 282. The van der Waals surface area contributed by atoms with Crippen LogP contribution in [0.15, 0.2) is 0 Å².